The van der Waals surface area contributed by atoms with E-state index in [1.54, 1.807) is 23.7 Å². The van der Waals surface area contributed by atoms with Crippen LogP contribution in [0.4, 0.5) is 11.4 Å². The number of benzene rings is 2. The number of thioether (sulfide) groups is 1. The predicted octanol–water partition coefficient (Wildman–Crippen LogP) is 3.43. The molecule has 0 aliphatic heterocycles. The van der Waals surface area contributed by atoms with Gasteiger partial charge in [-0.15, -0.1) is 10.2 Å². The summed E-state index contributed by atoms with van der Waals surface area (Å²) < 4.78 is 7.12. The molecule has 0 saturated heterocycles. The van der Waals surface area contributed by atoms with E-state index in [4.69, 9.17) is 4.74 Å². The minimum atomic E-state index is -0.172. The highest BCUT2D eigenvalue weighted by Crippen LogP contribution is 2.19. The molecule has 0 bridgehead atoms. The smallest absolute Gasteiger partial charge is 0.234 e. The van der Waals surface area contributed by atoms with Crippen LogP contribution in [0.2, 0.25) is 0 Å². The largest absolute Gasteiger partial charge is 0.494 e. The highest BCUT2D eigenvalue weighted by atomic mass is 32.2. The molecule has 2 amide bonds. The first-order valence-corrected chi connectivity index (χ1v) is 10.8. The van der Waals surface area contributed by atoms with Crippen LogP contribution in [-0.4, -0.2) is 38.9 Å². The van der Waals surface area contributed by atoms with Crippen molar-refractivity contribution in [1.29, 1.82) is 0 Å². The number of hydrogen-bond acceptors (Lipinski definition) is 6. The van der Waals surface area contributed by atoms with Crippen molar-refractivity contribution in [2.24, 2.45) is 7.05 Å². The number of rotatable bonds is 9. The highest BCUT2D eigenvalue weighted by Gasteiger charge is 2.15. The lowest BCUT2D eigenvalue weighted by atomic mass is 10.2. The summed E-state index contributed by atoms with van der Waals surface area (Å²) in [5, 5.41) is 14.5. The number of aromatic nitrogens is 3. The van der Waals surface area contributed by atoms with E-state index in [9.17, 15) is 9.59 Å². The van der Waals surface area contributed by atoms with Crippen molar-refractivity contribution in [2.45, 2.75) is 25.4 Å². The lowest BCUT2D eigenvalue weighted by molar-refractivity contribution is -0.116. The zero-order chi connectivity index (χ0) is 22.2. The van der Waals surface area contributed by atoms with Gasteiger partial charge in [0.15, 0.2) is 5.16 Å². The third-order valence-electron chi connectivity index (χ3n) is 4.44. The highest BCUT2D eigenvalue weighted by molar-refractivity contribution is 7.99. The van der Waals surface area contributed by atoms with Crippen molar-refractivity contribution in [2.75, 3.05) is 23.0 Å². The minimum Gasteiger partial charge on any atom is -0.494 e. The summed E-state index contributed by atoms with van der Waals surface area (Å²) in [6, 6.07) is 14.8. The number of carbonyl (C=O) groups is 2. The van der Waals surface area contributed by atoms with Crippen LogP contribution < -0.4 is 15.4 Å². The first kappa shape index (κ1) is 22.4. The van der Waals surface area contributed by atoms with Crippen LogP contribution in [0, 0.1) is 6.92 Å². The number of anilines is 2. The van der Waals surface area contributed by atoms with Crippen molar-refractivity contribution >= 4 is 35.0 Å². The van der Waals surface area contributed by atoms with Crippen molar-refractivity contribution < 1.29 is 14.3 Å². The van der Waals surface area contributed by atoms with Gasteiger partial charge in [-0.3, -0.25) is 9.59 Å². The number of amides is 2. The number of ether oxygens (including phenoxy) is 1. The lowest BCUT2D eigenvalue weighted by Gasteiger charge is -2.08. The predicted molar refractivity (Wildman–Crippen MR) is 121 cm³/mol. The molecule has 0 fully saturated rings. The van der Waals surface area contributed by atoms with Gasteiger partial charge in [0.2, 0.25) is 11.8 Å². The number of hydrogen-bond donors (Lipinski definition) is 2. The Kier molecular flexibility index (Phi) is 7.66. The molecule has 8 nitrogen and oxygen atoms in total. The van der Waals surface area contributed by atoms with Gasteiger partial charge in [-0.2, -0.15) is 0 Å². The fraction of sp³-hybridized carbons (Fsp3) is 0.273. The van der Waals surface area contributed by atoms with Gasteiger partial charge in [-0.25, -0.2) is 0 Å². The summed E-state index contributed by atoms with van der Waals surface area (Å²) in [4.78, 5) is 24.6. The second-order valence-corrected chi connectivity index (χ2v) is 7.73. The average Bonchev–Trinajstić information content (AvgIpc) is 3.09. The van der Waals surface area contributed by atoms with E-state index in [1.165, 1.54) is 11.8 Å². The summed E-state index contributed by atoms with van der Waals surface area (Å²) in [7, 11) is 1.78. The molecule has 162 valence electrons. The minimum absolute atomic E-state index is 0.0940. The number of aryl methyl sites for hydroxylation is 1. The van der Waals surface area contributed by atoms with Gasteiger partial charge < -0.3 is 19.9 Å². The Morgan fingerprint density at radius 1 is 1.03 bits per heavy atom. The van der Waals surface area contributed by atoms with Crippen LogP contribution in [0.15, 0.2) is 53.7 Å². The van der Waals surface area contributed by atoms with Gasteiger partial charge >= 0.3 is 0 Å². The van der Waals surface area contributed by atoms with Crippen molar-refractivity contribution in [3.63, 3.8) is 0 Å². The molecule has 1 heterocycles. The molecule has 1 aromatic heterocycles. The van der Waals surface area contributed by atoms with Gasteiger partial charge in [0, 0.05) is 18.4 Å². The summed E-state index contributed by atoms with van der Waals surface area (Å²) in [6.07, 6.45) is 0.0940. The second-order valence-electron chi connectivity index (χ2n) is 6.79. The quantitative estimate of drug-likeness (QED) is 0.496. The zero-order valence-electron chi connectivity index (χ0n) is 17.7. The number of carbonyl (C=O) groups excluding carboxylic acids is 2. The molecule has 0 saturated carbocycles. The van der Waals surface area contributed by atoms with Gasteiger partial charge in [0.25, 0.3) is 0 Å². The molecule has 31 heavy (non-hydrogen) atoms. The molecule has 0 atom stereocenters. The van der Waals surface area contributed by atoms with Gasteiger partial charge in [-0.1, -0.05) is 30.0 Å². The summed E-state index contributed by atoms with van der Waals surface area (Å²) in [6.45, 7) is 4.45. The Bertz CT molecular complexity index is 1050. The topological polar surface area (TPSA) is 98.1 Å². The third-order valence-corrected chi connectivity index (χ3v) is 5.46. The Morgan fingerprint density at radius 2 is 1.77 bits per heavy atom. The maximum absolute atomic E-state index is 12.4. The molecule has 0 spiro atoms. The zero-order valence-corrected chi connectivity index (χ0v) is 18.5. The average molecular weight is 440 g/mol. The van der Waals surface area contributed by atoms with E-state index in [-0.39, 0.29) is 24.0 Å². The van der Waals surface area contributed by atoms with Crippen LogP contribution in [0.5, 0.6) is 5.75 Å². The van der Waals surface area contributed by atoms with Crippen molar-refractivity contribution in [3.8, 4) is 5.75 Å². The van der Waals surface area contributed by atoms with E-state index in [2.05, 4.69) is 20.8 Å². The Morgan fingerprint density at radius 3 is 2.48 bits per heavy atom. The molecule has 0 radical (unpaired) electrons. The molecular weight excluding hydrogens is 414 g/mol. The van der Waals surface area contributed by atoms with Gasteiger partial charge in [0.05, 0.1) is 18.8 Å². The third kappa shape index (κ3) is 6.32. The van der Waals surface area contributed by atoms with Crippen LogP contribution >= 0.6 is 11.8 Å². The van der Waals surface area contributed by atoms with Crippen molar-refractivity contribution in [1.82, 2.24) is 14.8 Å². The van der Waals surface area contributed by atoms with E-state index < -0.39 is 0 Å². The van der Waals surface area contributed by atoms with Gasteiger partial charge in [-0.05, 0) is 49.7 Å². The number of para-hydroxylation sites is 1. The Hall–Kier alpha value is -3.33. The van der Waals surface area contributed by atoms with E-state index in [0.717, 1.165) is 17.0 Å². The standard InChI is InChI=1S/C22H25N5O3S/c1-4-30-17-11-9-16(10-12-17)23-21(29)14-31-22-26-25-19(27(22)3)13-20(28)24-18-8-6-5-7-15(18)2/h5-12H,4,13-14H2,1-3H3,(H,23,29)(H,24,28). The maximum atomic E-state index is 12.4. The molecule has 3 rings (SSSR count). The summed E-state index contributed by atoms with van der Waals surface area (Å²) in [5.74, 6) is 1.13. The molecule has 0 aliphatic carbocycles. The van der Waals surface area contributed by atoms with E-state index in [1.807, 2.05) is 50.2 Å². The molecule has 9 heteroatoms. The molecule has 2 N–H and O–H groups in total. The lowest BCUT2D eigenvalue weighted by Crippen LogP contribution is -2.17. The Balaban J connectivity index is 1.51. The number of nitrogens with zero attached hydrogens (tertiary/aromatic N) is 3. The summed E-state index contributed by atoms with van der Waals surface area (Å²) >= 11 is 1.26. The first-order chi connectivity index (χ1) is 15.0. The number of nitrogens with one attached hydrogen (secondary N) is 2. The van der Waals surface area contributed by atoms with Crippen LogP contribution in [0.25, 0.3) is 0 Å². The fourth-order valence-electron chi connectivity index (χ4n) is 2.80. The van der Waals surface area contributed by atoms with Crippen molar-refractivity contribution in [3.05, 3.63) is 59.9 Å². The van der Waals surface area contributed by atoms with E-state index in [0.29, 0.717) is 23.3 Å². The Labute approximate surface area is 185 Å². The molecule has 0 unspecified atom stereocenters. The summed E-state index contributed by atoms with van der Waals surface area (Å²) in [5.41, 5.74) is 2.46. The SMILES string of the molecule is CCOc1ccc(NC(=O)CSc2nnc(CC(=O)Nc3ccccc3C)n2C)cc1. The van der Waals surface area contributed by atoms with Gasteiger partial charge in [0.1, 0.15) is 11.6 Å². The fourth-order valence-corrected chi connectivity index (χ4v) is 3.53. The molecule has 3 aromatic rings. The first-order valence-electron chi connectivity index (χ1n) is 9.85. The van der Waals surface area contributed by atoms with E-state index >= 15 is 0 Å². The van der Waals surface area contributed by atoms with Crippen LogP contribution in [-0.2, 0) is 23.1 Å². The maximum Gasteiger partial charge on any atom is 0.234 e. The normalized spacial score (nSPS) is 10.5. The van der Waals surface area contributed by atoms with Crippen LogP contribution in [0.1, 0.15) is 18.3 Å². The molecular formula is C22H25N5O3S. The monoisotopic (exact) mass is 439 g/mol. The molecule has 0 aliphatic rings. The molecule has 2 aromatic carbocycles. The van der Waals surface area contributed by atoms with Crippen LogP contribution in [0.3, 0.4) is 0 Å². The second kappa shape index (κ2) is 10.6.